The second kappa shape index (κ2) is 27.8. The van der Waals surface area contributed by atoms with Gasteiger partial charge in [-0.2, -0.15) is 0 Å². The summed E-state index contributed by atoms with van der Waals surface area (Å²) in [5.74, 6) is -0.258. The zero-order valence-electron chi connectivity index (χ0n) is 34.7. The van der Waals surface area contributed by atoms with Gasteiger partial charge in [0.1, 0.15) is 73.2 Å². The van der Waals surface area contributed by atoms with Gasteiger partial charge < -0.3 is 89.9 Å². The number of aliphatic hydroxyl groups is 11. The molecule has 17 unspecified atom stereocenters. The van der Waals surface area contributed by atoms with Crippen LogP contribution in [0.15, 0.2) is 0 Å². The molecule has 3 heterocycles. The van der Waals surface area contributed by atoms with Crippen LogP contribution < -0.4 is 5.32 Å². The Morgan fingerprint density at radius 1 is 0.542 bits per heavy atom. The van der Waals surface area contributed by atoms with Gasteiger partial charge in [-0.3, -0.25) is 4.79 Å². The number of rotatable bonds is 28. The summed E-state index contributed by atoms with van der Waals surface area (Å²) in [5.41, 5.74) is 0. The van der Waals surface area contributed by atoms with Crippen LogP contribution in [0.1, 0.15) is 117 Å². The minimum atomic E-state index is -1.96. The first kappa shape index (κ1) is 52.1. The Hall–Kier alpha value is -1.21. The molecular formula is C40H75NO18. The Morgan fingerprint density at radius 3 is 1.47 bits per heavy atom. The molecule has 17 atom stereocenters. The molecule has 3 rings (SSSR count). The van der Waals surface area contributed by atoms with Crippen molar-refractivity contribution in [3.05, 3.63) is 0 Å². The SMILES string of the molecule is CCCCCCCCCCC(O)C(COC1OC(CO)C(OC2OC(CO)C(OC3OC(CO)C(O)C(O)C3O)C(O)C2O)C(O)C1O)NC(=O)CCCCCCCC. The van der Waals surface area contributed by atoms with Gasteiger partial charge in [-0.05, 0) is 12.8 Å². The minimum absolute atomic E-state index is 0.258. The van der Waals surface area contributed by atoms with E-state index in [9.17, 15) is 61.0 Å². The van der Waals surface area contributed by atoms with E-state index in [1.165, 1.54) is 25.7 Å². The molecule has 3 saturated heterocycles. The molecule has 0 saturated carbocycles. The number of unbranched alkanes of at least 4 members (excludes halogenated alkanes) is 12. The Bertz CT molecular complexity index is 1120. The molecule has 59 heavy (non-hydrogen) atoms. The molecule has 3 aliphatic rings. The van der Waals surface area contributed by atoms with Crippen molar-refractivity contribution in [2.75, 3.05) is 26.4 Å². The average Bonchev–Trinajstić information content (AvgIpc) is 3.23. The summed E-state index contributed by atoms with van der Waals surface area (Å²) in [6.45, 7) is 1.60. The lowest BCUT2D eigenvalue weighted by atomic mass is 9.96. The molecule has 12 N–H and O–H groups in total. The summed E-state index contributed by atoms with van der Waals surface area (Å²) in [5, 5.41) is 119. The lowest BCUT2D eigenvalue weighted by Gasteiger charge is -2.48. The first-order valence-electron chi connectivity index (χ1n) is 21.8. The molecule has 0 aromatic heterocycles. The van der Waals surface area contributed by atoms with Gasteiger partial charge in [0.25, 0.3) is 0 Å². The van der Waals surface area contributed by atoms with E-state index in [0.29, 0.717) is 12.8 Å². The number of nitrogens with one attached hydrogen (secondary N) is 1. The van der Waals surface area contributed by atoms with Crippen molar-refractivity contribution in [3.8, 4) is 0 Å². The molecule has 0 aromatic rings. The molecule has 19 heteroatoms. The van der Waals surface area contributed by atoms with Gasteiger partial charge in [0.05, 0.1) is 38.6 Å². The number of amides is 1. The summed E-state index contributed by atoms with van der Waals surface area (Å²) in [4.78, 5) is 13.0. The maximum absolute atomic E-state index is 13.0. The van der Waals surface area contributed by atoms with Crippen LogP contribution in [0.2, 0.25) is 0 Å². The second-order valence-electron chi connectivity index (χ2n) is 16.2. The van der Waals surface area contributed by atoms with Crippen molar-refractivity contribution in [2.24, 2.45) is 0 Å². The van der Waals surface area contributed by atoms with E-state index in [1.54, 1.807) is 0 Å². The van der Waals surface area contributed by atoms with Crippen LogP contribution in [0.4, 0.5) is 0 Å². The van der Waals surface area contributed by atoms with Gasteiger partial charge in [-0.25, -0.2) is 0 Å². The van der Waals surface area contributed by atoms with Gasteiger partial charge in [-0.15, -0.1) is 0 Å². The van der Waals surface area contributed by atoms with Crippen molar-refractivity contribution in [2.45, 2.75) is 221 Å². The van der Waals surface area contributed by atoms with Gasteiger partial charge in [0.15, 0.2) is 18.9 Å². The van der Waals surface area contributed by atoms with Gasteiger partial charge in [0.2, 0.25) is 5.91 Å². The monoisotopic (exact) mass is 857 g/mol. The van der Waals surface area contributed by atoms with E-state index in [1.807, 2.05) is 0 Å². The Kier molecular flexibility index (Phi) is 24.5. The van der Waals surface area contributed by atoms with Gasteiger partial charge in [0, 0.05) is 6.42 Å². The molecule has 3 fully saturated rings. The Balaban J connectivity index is 1.61. The van der Waals surface area contributed by atoms with Crippen molar-refractivity contribution >= 4 is 5.91 Å². The van der Waals surface area contributed by atoms with Gasteiger partial charge >= 0.3 is 0 Å². The molecule has 0 radical (unpaired) electrons. The maximum atomic E-state index is 13.0. The predicted octanol–water partition coefficient (Wildman–Crippen LogP) is -1.42. The highest BCUT2D eigenvalue weighted by atomic mass is 16.8. The van der Waals surface area contributed by atoms with E-state index >= 15 is 0 Å². The summed E-state index contributed by atoms with van der Waals surface area (Å²) < 4.78 is 33.9. The highest BCUT2D eigenvalue weighted by Gasteiger charge is 2.53. The summed E-state index contributed by atoms with van der Waals surface area (Å²) in [6.07, 6.45) is -11.2. The third kappa shape index (κ3) is 15.8. The zero-order chi connectivity index (χ0) is 43.5. The maximum Gasteiger partial charge on any atom is 0.220 e. The highest BCUT2D eigenvalue weighted by molar-refractivity contribution is 5.76. The van der Waals surface area contributed by atoms with Gasteiger partial charge in [-0.1, -0.05) is 97.3 Å². The van der Waals surface area contributed by atoms with Crippen molar-refractivity contribution in [1.29, 1.82) is 0 Å². The third-order valence-electron chi connectivity index (χ3n) is 11.4. The predicted molar refractivity (Wildman–Crippen MR) is 208 cm³/mol. The van der Waals surface area contributed by atoms with Crippen molar-refractivity contribution in [3.63, 3.8) is 0 Å². The third-order valence-corrected chi connectivity index (χ3v) is 11.4. The van der Waals surface area contributed by atoms with Crippen molar-refractivity contribution in [1.82, 2.24) is 5.32 Å². The molecule has 19 nitrogen and oxygen atoms in total. The van der Waals surface area contributed by atoms with E-state index in [2.05, 4.69) is 19.2 Å². The number of ether oxygens (including phenoxy) is 6. The quantitative estimate of drug-likeness (QED) is 0.0402. The molecule has 0 bridgehead atoms. The molecular weight excluding hydrogens is 782 g/mol. The number of hydrogen-bond acceptors (Lipinski definition) is 18. The standard InChI is InChI=1S/C40H75NO18/c1-3-5-7-9-11-12-13-15-17-24(45)23(41-28(46)18-16-14-10-8-6-4-2)22-54-38-34(52)31(49)36(26(20-43)56-38)59-40-35(53)32(50)37(27(21-44)57-40)58-39-33(51)30(48)29(47)25(19-42)55-39/h23-27,29-40,42-45,47-53H,3-22H2,1-2H3,(H,41,46). The number of hydrogen-bond donors (Lipinski definition) is 12. The fourth-order valence-electron chi connectivity index (χ4n) is 7.66. The van der Waals surface area contributed by atoms with Crippen LogP contribution in [0.25, 0.3) is 0 Å². The second-order valence-corrected chi connectivity index (χ2v) is 16.2. The fraction of sp³-hybridized carbons (Fsp3) is 0.975. The zero-order valence-corrected chi connectivity index (χ0v) is 34.7. The molecule has 0 aromatic carbocycles. The number of aliphatic hydroxyl groups excluding tert-OH is 11. The van der Waals surface area contributed by atoms with Crippen LogP contribution >= 0.6 is 0 Å². The Labute approximate surface area is 347 Å². The highest BCUT2D eigenvalue weighted by Crippen LogP contribution is 2.33. The first-order valence-corrected chi connectivity index (χ1v) is 21.8. The lowest BCUT2D eigenvalue weighted by Crippen LogP contribution is -2.66. The summed E-state index contributed by atoms with van der Waals surface area (Å²) in [7, 11) is 0. The first-order chi connectivity index (χ1) is 28.3. The number of carbonyl (C=O) groups is 1. The van der Waals surface area contributed by atoms with E-state index < -0.39 is 124 Å². The van der Waals surface area contributed by atoms with Crippen LogP contribution in [0.5, 0.6) is 0 Å². The smallest absolute Gasteiger partial charge is 0.220 e. The largest absolute Gasteiger partial charge is 0.394 e. The topological polar surface area (TPSA) is 307 Å². The molecule has 0 spiro atoms. The van der Waals surface area contributed by atoms with E-state index in [-0.39, 0.29) is 18.9 Å². The van der Waals surface area contributed by atoms with Crippen LogP contribution in [0, 0.1) is 0 Å². The van der Waals surface area contributed by atoms with Crippen molar-refractivity contribution < 1.29 is 89.4 Å². The van der Waals surface area contributed by atoms with Crippen LogP contribution in [-0.2, 0) is 33.2 Å². The van der Waals surface area contributed by atoms with E-state index in [4.69, 9.17) is 28.4 Å². The fourth-order valence-corrected chi connectivity index (χ4v) is 7.66. The number of carbonyl (C=O) groups excluding carboxylic acids is 1. The summed E-state index contributed by atoms with van der Waals surface area (Å²) in [6, 6.07) is -0.873. The molecule has 0 aliphatic carbocycles. The lowest BCUT2D eigenvalue weighted by molar-refractivity contribution is -0.379. The Morgan fingerprint density at radius 2 is 0.966 bits per heavy atom. The average molecular weight is 858 g/mol. The molecule has 348 valence electrons. The summed E-state index contributed by atoms with van der Waals surface area (Å²) >= 11 is 0. The van der Waals surface area contributed by atoms with E-state index in [0.717, 1.165) is 57.8 Å². The van der Waals surface area contributed by atoms with Crippen LogP contribution in [-0.4, -0.2) is 193 Å². The normalized spacial score (nSPS) is 36.3. The minimum Gasteiger partial charge on any atom is -0.394 e. The molecule has 1 amide bonds. The molecule has 3 aliphatic heterocycles. The van der Waals surface area contributed by atoms with Crippen LogP contribution in [0.3, 0.4) is 0 Å².